The molecular formula is C15H22O2S2. The van der Waals surface area contributed by atoms with Crippen LogP contribution in [0.4, 0.5) is 0 Å². The monoisotopic (exact) mass is 298 g/mol. The third-order valence-corrected chi connectivity index (χ3v) is 6.85. The van der Waals surface area contributed by atoms with Crippen molar-refractivity contribution in [2.24, 2.45) is 0 Å². The van der Waals surface area contributed by atoms with Gasteiger partial charge in [0.1, 0.15) is 5.75 Å². The minimum Gasteiger partial charge on any atom is -0.497 e. The van der Waals surface area contributed by atoms with Gasteiger partial charge in [0, 0.05) is 22.0 Å². The molecule has 1 aromatic rings. The number of hydrogen-bond donors (Lipinski definition) is 1. The first-order valence-electron chi connectivity index (χ1n) is 6.78. The average Bonchev–Trinajstić information content (AvgIpc) is 2.47. The highest BCUT2D eigenvalue weighted by Gasteiger charge is 2.30. The van der Waals surface area contributed by atoms with Gasteiger partial charge in [-0.15, -0.1) is 0 Å². The molecule has 1 aliphatic rings. The fourth-order valence-corrected chi connectivity index (χ4v) is 5.60. The zero-order valence-electron chi connectivity index (χ0n) is 11.5. The van der Waals surface area contributed by atoms with Gasteiger partial charge in [0.2, 0.25) is 0 Å². The molecule has 0 aromatic heterocycles. The van der Waals surface area contributed by atoms with E-state index in [9.17, 15) is 5.11 Å². The standard InChI is InChI=1S/C15H22O2S2/c1-3-14-15(19-8-7-18-14)13(16)10-11-5-4-6-12(9-11)17-2/h4-6,9,13-16H,3,7-8,10H2,1-2H3. The van der Waals surface area contributed by atoms with E-state index in [1.54, 1.807) is 7.11 Å². The van der Waals surface area contributed by atoms with Gasteiger partial charge in [-0.2, -0.15) is 23.5 Å². The summed E-state index contributed by atoms with van der Waals surface area (Å²) >= 11 is 3.94. The first kappa shape index (κ1) is 15.1. The third kappa shape index (κ3) is 4.07. The second-order valence-corrected chi connectivity index (χ2v) is 7.41. The van der Waals surface area contributed by atoms with Crippen molar-refractivity contribution in [1.29, 1.82) is 0 Å². The molecule has 19 heavy (non-hydrogen) atoms. The van der Waals surface area contributed by atoms with E-state index in [-0.39, 0.29) is 6.10 Å². The number of ether oxygens (including phenoxy) is 1. The Labute approximate surface area is 124 Å². The topological polar surface area (TPSA) is 29.5 Å². The molecule has 0 aliphatic carbocycles. The van der Waals surface area contributed by atoms with Gasteiger partial charge in [0.15, 0.2) is 0 Å². The highest BCUT2D eigenvalue weighted by Crippen LogP contribution is 2.36. The Bertz CT molecular complexity index is 397. The Kier molecular flexibility index (Phi) is 5.92. The predicted molar refractivity (Wildman–Crippen MR) is 85.5 cm³/mol. The van der Waals surface area contributed by atoms with E-state index in [2.05, 4.69) is 13.0 Å². The van der Waals surface area contributed by atoms with Gasteiger partial charge in [-0.25, -0.2) is 0 Å². The van der Waals surface area contributed by atoms with Crippen molar-refractivity contribution in [3.8, 4) is 5.75 Å². The number of aliphatic hydroxyl groups is 1. The fraction of sp³-hybridized carbons (Fsp3) is 0.600. The van der Waals surface area contributed by atoms with E-state index < -0.39 is 0 Å². The van der Waals surface area contributed by atoms with Gasteiger partial charge in [-0.1, -0.05) is 19.1 Å². The molecule has 1 heterocycles. The van der Waals surface area contributed by atoms with Crippen LogP contribution in [-0.4, -0.2) is 40.3 Å². The zero-order valence-corrected chi connectivity index (χ0v) is 13.2. The molecule has 1 saturated heterocycles. The van der Waals surface area contributed by atoms with Crippen LogP contribution in [0.2, 0.25) is 0 Å². The van der Waals surface area contributed by atoms with Crippen molar-refractivity contribution in [3.63, 3.8) is 0 Å². The molecule has 0 bridgehead atoms. The maximum absolute atomic E-state index is 10.5. The number of thioether (sulfide) groups is 2. The van der Waals surface area contributed by atoms with Gasteiger partial charge in [0.25, 0.3) is 0 Å². The summed E-state index contributed by atoms with van der Waals surface area (Å²) in [7, 11) is 1.68. The summed E-state index contributed by atoms with van der Waals surface area (Å²) in [6.45, 7) is 2.22. The number of hydrogen-bond acceptors (Lipinski definition) is 4. The van der Waals surface area contributed by atoms with Gasteiger partial charge < -0.3 is 9.84 Å². The number of methoxy groups -OCH3 is 1. The van der Waals surface area contributed by atoms with E-state index in [1.165, 1.54) is 5.75 Å². The Morgan fingerprint density at radius 2 is 2.16 bits per heavy atom. The summed E-state index contributed by atoms with van der Waals surface area (Å²) in [5, 5.41) is 11.5. The second-order valence-electron chi connectivity index (χ2n) is 4.78. The average molecular weight is 298 g/mol. The summed E-state index contributed by atoms with van der Waals surface area (Å²) < 4.78 is 5.23. The maximum atomic E-state index is 10.5. The molecule has 2 rings (SSSR count). The van der Waals surface area contributed by atoms with Gasteiger partial charge in [0.05, 0.1) is 13.2 Å². The van der Waals surface area contributed by atoms with Crippen LogP contribution in [0.1, 0.15) is 18.9 Å². The van der Waals surface area contributed by atoms with Crippen LogP contribution in [0, 0.1) is 0 Å². The molecule has 3 unspecified atom stereocenters. The van der Waals surface area contributed by atoms with Crippen molar-refractivity contribution in [1.82, 2.24) is 0 Å². The van der Waals surface area contributed by atoms with Crippen LogP contribution < -0.4 is 4.74 Å². The highest BCUT2D eigenvalue weighted by atomic mass is 32.2. The molecule has 0 amide bonds. The molecule has 1 fully saturated rings. The Balaban J connectivity index is 2.00. The van der Waals surface area contributed by atoms with E-state index in [1.807, 2.05) is 41.7 Å². The molecule has 4 heteroatoms. The summed E-state index contributed by atoms with van der Waals surface area (Å²) in [5.74, 6) is 3.23. The normalized spacial score (nSPS) is 25.0. The second kappa shape index (κ2) is 7.46. The van der Waals surface area contributed by atoms with Crippen molar-refractivity contribution in [2.45, 2.75) is 36.4 Å². The SMILES string of the molecule is CCC1SCCSC1C(O)Cc1cccc(OC)c1. The molecule has 1 aliphatic heterocycles. The summed E-state index contributed by atoms with van der Waals surface area (Å²) in [5.41, 5.74) is 1.15. The number of rotatable bonds is 5. The molecule has 2 nitrogen and oxygen atoms in total. The lowest BCUT2D eigenvalue weighted by atomic mass is 10.0. The fourth-order valence-electron chi connectivity index (χ4n) is 2.45. The van der Waals surface area contributed by atoms with Crippen LogP contribution in [-0.2, 0) is 6.42 Å². The Hall–Kier alpha value is -0.320. The Morgan fingerprint density at radius 1 is 1.37 bits per heavy atom. The quantitative estimate of drug-likeness (QED) is 0.904. The minimum absolute atomic E-state index is 0.269. The van der Waals surface area contributed by atoms with Crippen molar-refractivity contribution >= 4 is 23.5 Å². The van der Waals surface area contributed by atoms with E-state index in [0.29, 0.717) is 16.9 Å². The minimum atomic E-state index is -0.269. The Morgan fingerprint density at radius 3 is 2.89 bits per heavy atom. The molecule has 0 spiro atoms. The molecule has 106 valence electrons. The summed E-state index contributed by atoms with van der Waals surface area (Å²) in [4.78, 5) is 0. The van der Waals surface area contributed by atoms with Crippen LogP contribution in [0.25, 0.3) is 0 Å². The van der Waals surface area contributed by atoms with E-state index >= 15 is 0 Å². The van der Waals surface area contributed by atoms with Crippen LogP contribution >= 0.6 is 23.5 Å². The molecule has 0 radical (unpaired) electrons. The smallest absolute Gasteiger partial charge is 0.119 e. The van der Waals surface area contributed by atoms with E-state index in [0.717, 1.165) is 23.5 Å². The predicted octanol–water partition coefficient (Wildman–Crippen LogP) is 3.23. The lowest BCUT2D eigenvalue weighted by Crippen LogP contribution is -2.37. The van der Waals surface area contributed by atoms with Crippen molar-refractivity contribution < 1.29 is 9.84 Å². The molecule has 1 aromatic carbocycles. The number of aliphatic hydroxyl groups excluding tert-OH is 1. The largest absolute Gasteiger partial charge is 0.497 e. The summed E-state index contributed by atoms with van der Waals surface area (Å²) in [6, 6.07) is 8.01. The molecule has 1 N–H and O–H groups in total. The molecule has 3 atom stereocenters. The van der Waals surface area contributed by atoms with Gasteiger partial charge in [-0.05, 0) is 30.5 Å². The molecule has 0 saturated carbocycles. The third-order valence-electron chi connectivity index (χ3n) is 3.45. The van der Waals surface area contributed by atoms with Crippen molar-refractivity contribution in [2.75, 3.05) is 18.6 Å². The lowest BCUT2D eigenvalue weighted by molar-refractivity contribution is 0.169. The van der Waals surface area contributed by atoms with Crippen LogP contribution in [0.15, 0.2) is 24.3 Å². The maximum Gasteiger partial charge on any atom is 0.119 e. The first-order valence-corrected chi connectivity index (χ1v) is 8.88. The molecular weight excluding hydrogens is 276 g/mol. The van der Waals surface area contributed by atoms with E-state index in [4.69, 9.17) is 4.74 Å². The highest BCUT2D eigenvalue weighted by molar-refractivity contribution is 8.07. The summed E-state index contributed by atoms with van der Waals surface area (Å²) in [6.07, 6.45) is 1.58. The first-order chi connectivity index (χ1) is 9.24. The lowest BCUT2D eigenvalue weighted by Gasteiger charge is -2.33. The van der Waals surface area contributed by atoms with Gasteiger partial charge >= 0.3 is 0 Å². The van der Waals surface area contributed by atoms with Crippen molar-refractivity contribution in [3.05, 3.63) is 29.8 Å². The zero-order chi connectivity index (χ0) is 13.7. The van der Waals surface area contributed by atoms with Gasteiger partial charge in [-0.3, -0.25) is 0 Å². The number of benzene rings is 1. The van der Waals surface area contributed by atoms with Crippen LogP contribution in [0.3, 0.4) is 0 Å². The van der Waals surface area contributed by atoms with Crippen LogP contribution in [0.5, 0.6) is 5.75 Å².